The SMILES string of the molecule is Nc1[nH]c2cccnc2c2ncnc1-2. The molecule has 0 bridgehead atoms. The third-order valence-electron chi connectivity index (χ3n) is 2.15. The monoisotopic (exact) mass is 185 g/mol. The van der Waals surface area contributed by atoms with Crippen molar-refractivity contribution in [3.8, 4) is 11.4 Å². The Kier molecular flexibility index (Phi) is 1.25. The first-order valence-corrected chi connectivity index (χ1v) is 4.19. The number of nitrogen functional groups attached to an aromatic ring is 1. The number of hydrogen-bond acceptors (Lipinski definition) is 4. The second-order valence-electron chi connectivity index (χ2n) is 3.01. The fourth-order valence-corrected chi connectivity index (χ4v) is 1.54. The van der Waals surface area contributed by atoms with Crippen LogP contribution in [0, 0.1) is 0 Å². The zero-order valence-electron chi connectivity index (χ0n) is 7.23. The number of aromatic amines is 1. The van der Waals surface area contributed by atoms with E-state index in [9.17, 15) is 0 Å². The Morgan fingerprint density at radius 1 is 1.14 bits per heavy atom. The fourth-order valence-electron chi connectivity index (χ4n) is 1.54. The Morgan fingerprint density at radius 3 is 2.93 bits per heavy atom. The van der Waals surface area contributed by atoms with Crippen LogP contribution >= 0.6 is 0 Å². The van der Waals surface area contributed by atoms with Crippen LogP contribution in [-0.4, -0.2) is 19.9 Å². The van der Waals surface area contributed by atoms with Gasteiger partial charge in [0, 0.05) is 6.20 Å². The van der Waals surface area contributed by atoms with Crippen LogP contribution in [0.3, 0.4) is 0 Å². The van der Waals surface area contributed by atoms with Gasteiger partial charge in [-0.15, -0.1) is 0 Å². The lowest BCUT2D eigenvalue weighted by Crippen LogP contribution is -1.97. The summed E-state index contributed by atoms with van der Waals surface area (Å²) in [7, 11) is 0. The molecule has 3 heterocycles. The van der Waals surface area contributed by atoms with E-state index in [1.165, 1.54) is 6.33 Å². The Hall–Kier alpha value is -2.17. The van der Waals surface area contributed by atoms with Crippen LogP contribution in [0.5, 0.6) is 0 Å². The molecule has 0 unspecified atom stereocenters. The summed E-state index contributed by atoms with van der Waals surface area (Å²) < 4.78 is 0. The number of aromatic nitrogens is 4. The highest BCUT2D eigenvalue weighted by atomic mass is 15.0. The summed E-state index contributed by atoms with van der Waals surface area (Å²) in [5.41, 5.74) is 8.88. The lowest BCUT2D eigenvalue weighted by atomic mass is 10.2. The third kappa shape index (κ3) is 0.806. The first-order valence-electron chi connectivity index (χ1n) is 4.19. The number of hydrogen-bond donors (Lipinski definition) is 2. The van der Waals surface area contributed by atoms with Gasteiger partial charge in [-0.1, -0.05) is 0 Å². The topological polar surface area (TPSA) is 80.5 Å². The first kappa shape index (κ1) is 7.25. The van der Waals surface area contributed by atoms with Crippen LogP contribution in [0.4, 0.5) is 5.82 Å². The van der Waals surface area contributed by atoms with E-state index in [0.29, 0.717) is 11.5 Å². The van der Waals surface area contributed by atoms with Crippen molar-refractivity contribution in [3.63, 3.8) is 0 Å². The van der Waals surface area contributed by atoms with Crippen LogP contribution in [0.1, 0.15) is 0 Å². The minimum Gasteiger partial charge on any atom is -0.383 e. The third-order valence-corrected chi connectivity index (χ3v) is 2.15. The summed E-state index contributed by atoms with van der Waals surface area (Å²) in [4.78, 5) is 15.5. The van der Waals surface area contributed by atoms with Crippen LogP contribution in [-0.2, 0) is 0 Å². The van der Waals surface area contributed by atoms with Crippen LogP contribution in [0.2, 0.25) is 0 Å². The van der Waals surface area contributed by atoms with Crippen molar-refractivity contribution >= 4 is 16.9 Å². The Morgan fingerprint density at radius 2 is 2.00 bits per heavy atom. The molecule has 5 heteroatoms. The summed E-state index contributed by atoms with van der Waals surface area (Å²) >= 11 is 0. The maximum atomic E-state index is 5.78. The van der Waals surface area contributed by atoms with E-state index in [0.717, 1.165) is 16.7 Å². The van der Waals surface area contributed by atoms with Crippen LogP contribution < -0.4 is 5.73 Å². The lowest BCUT2D eigenvalue weighted by Gasteiger charge is -2.04. The number of rotatable bonds is 0. The smallest absolute Gasteiger partial charge is 0.133 e. The van der Waals surface area contributed by atoms with Gasteiger partial charge in [0.2, 0.25) is 0 Å². The number of fused-ring (bicyclic) bond motifs is 3. The van der Waals surface area contributed by atoms with Crippen molar-refractivity contribution in [2.75, 3.05) is 5.73 Å². The fraction of sp³-hybridized carbons (Fsp3) is 0. The molecule has 2 aliphatic heterocycles. The molecule has 2 aliphatic rings. The second kappa shape index (κ2) is 2.41. The maximum absolute atomic E-state index is 5.78. The number of pyridine rings is 2. The summed E-state index contributed by atoms with van der Waals surface area (Å²) in [5, 5.41) is 0. The second-order valence-corrected chi connectivity index (χ2v) is 3.01. The van der Waals surface area contributed by atoms with Crippen LogP contribution in [0.15, 0.2) is 24.7 Å². The summed E-state index contributed by atoms with van der Waals surface area (Å²) in [6.45, 7) is 0. The number of nitrogens with two attached hydrogens (primary N) is 1. The largest absolute Gasteiger partial charge is 0.383 e. The van der Waals surface area contributed by atoms with Gasteiger partial charge in [0.05, 0.1) is 5.52 Å². The number of nitrogens with zero attached hydrogens (tertiary/aromatic N) is 3. The van der Waals surface area contributed by atoms with Gasteiger partial charge in [-0.05, 0) is 12.1 Å². The molecule has 1 aromatic rings. The Bertz CT molecular complexity index is 571. The van der Waals surface area contributed by atoms with Gasteiger partial charge in [-0.3, -0.25) is 4.98 Å². The number of anilines is 1. The van der Waals surface area contributed by atoms with Crippen molar-refractivity contribution in [1.29, 1.82) is 0 Å². The van der Waals surface area contributed by atoms with E-state index >= 15 is 0 Å². The van der Waals surface area contributed by atoms with Crippen molar-refractivity contribution < 1.29 is 0 Å². The van der Waals surface area contributed by atoms with Crippen molar-refractivity contribution in [1.82, 2.24) is 19.9 Å². The molecule has 0 atom stereocenters. The zero-order valence-corrected chi connectivity index (χ0v) is 7.23. The van der Waals surface area contributed by atoms with E-state index in [4.69, 9.17) is 5.73 Å². The lowest BCUT2D eigenvalue weighted by molar-refractivity contribution is 1.30. The zero-order chi connectivity index (χ0) is 9.54. The number of H-pyrrole nitrogens is 1. The van der Waals surface area contributed by atoms with Gasteiger partial charge in [0.15, 0.2) is 0 Å². The molecule has 0 aromatic carbocycles. The van der Waals surface area contributed by atoms with Gasteiger partial charge in [0.1, 0.15) is 29.0 Å². The number of nitrogens with one attached hydrogen (secondary N) is 1. The molecule has 0 radical (unpaired) electrons. The van der Waals surface area contributed by atoms with E-state index < -0.39 is 0 Å². The Balaban J connectivity index is 2.58. The van der Waals surface area contributed by atoms with E-state index in [-0.39, 0.29) is 0 Å². The van der Waals surface area contributed by atoms with E-state index in [1.54, 1.807) is 6.20 Å². The predicted octanol–water partition coefficient (Wildman–Crippen LogP) is 1.04. The molecule has 0 amide bonds. The molecule has 0 fully saturated rings. The maximum Gasteiger partial charge on any atom is 0.133 e. The molecule has 3 rings (SSSR count). The van der Waals surface area contributed by atoms with E-state index in [2.05, 4.69) is 19.9 Å². The molecular formula is C9H7N5. The number of imidazole rings is 1. The minimum atomic E-state index is 0.526. The van der Waals surface area contributed by atoms with E-state index in [1.807, 2.05) is 12.1 Å². The average molecular weight is 185 g/mol. The highest BCUT2D eigenvalue weighted by Crippen LogP contribution is 2.28. The van der Waals surface area contributed by atoms with Crippen molar-refractivity contribution in [2.24, 2.45) is 0 Å². The van der Waals surface area contributed by atoms with Crippen LogP contribution in [0.25, 0.3) is 22.4 Å². The summed E-state index contributed by atoms with van der Waals surface area (Å²) in [5.74, 6) is 0.526. The molecule has 14 heavy (non-hydrogen) atoms. The normalized spacial score (nSPS) is 11.1. The molecule has 0 aliphatic carbocycles. The van der Waals surface area contributed by atoms with Gasteiger partial charge in [-0.2, -0.15) is 0 Å². The molecule has 1 aromatic heterocycles. The first-order chi connectivity index (χ1) is 6.86. The quantitative estimate of drug-likeness (QED) is 0.548. The average Bonchev–Trinajstić information content (AvgIpc) is 2.67. The molecule has 0 saturated heterocycles. The van der Waals surface area contributed by atoms with Gasteiger partial charge in [-0.25, -0.2) is 9.97 Å². The highest BCUT2D eigenvalue weighted by molar-refractivity contribution is 5.93. The predicted molar refractivity (Wildman–Crippen MR) is 52.7 cm³/mol. The van der Waals surface area contributed by atoms with Gasteiger partial charge in [0.25, 0.3) is 0 Å². The molecular weight excluding hydrogens is 178 g/mol. The molecule has 0 spiro atoms. The molecule has 3 N–H and O–H groups in total. The standard InChI is InChI=1S/C9H7N5/c10-9-8-7(12-4-13-8)6-5(14-9)2-1-3-11-6/h1-4,14H,10H2. The van der Waals surface area contributed by atoms with Crippen molar-refractivity contribution in [3.05, 3.63) is 24.7 Å². The van der Waals surface area contributed by atoms with Gasteiger partial charge >= 0.3 is 0 Å². The molecule has 68 valence electrons. The minimum absolute atomic E-state index is 0.526. The van der Waals surface area contributed by atoms with Gasteiger partial charge < -0.3 is 10.7 Å². The summed E-state index contributed by atoms with van der Waals surface area (Å²) in [6, 6.07) is 3.76. The molecule has 0 saturated carbocycles. The Labute approximate surface area is 79.4 Å². The summed E-state index contributed by atoms with van der Waals surface area (Å²) in [6.07, 6.45) is 3.21. The molecule has 5 nitrogen and oxygen atoms in total. The van der Waals surface area contributed by atoms with Crippen molar-refractivity contribution in [2.45, 2.75) is 0 Å². The highest BCUT2D eigenvalue weighted by Gasteiger charge is 2.14.